The standard InChI is InChI=1S/C9H14N2O2/c1-7-2-9(13-10-7)5-11-3-8(4-11)6-12/h2,8,12H,3-6H2,1H3. The molecule has 0 aliphatic carbocycles. The average molecular weight is 182 g/mol. The van der Waals surface area contributed by atoms with E-state index < -0.39 is 0 Å². The van der Waals surface area contributed by atoms with E-state index in [2.05, 4.69) is 10.1 Å². The average Bonchev–Trinajstić information content (AvgIpc) is 2.43. The molecule has 4 heteroatoms. The topological polar surface area (TPSA) is 49.5 Å². The van der Waals surface area contributed by atoms with Crippen LogP contribution in [0.2, 0.25) is 0 Å². The van der Waals surface area contributed by atoms with Gasteiger partial charge in [0, 0.05) is 31.7 Å². The van der Waals surface area contributed by atoms with Crippen LogP contribution >= 0.6 is 0 Å². The Balaban J connectivity index is 1.81. The Hall–Kier alpha value is -0.870. The molecular weight excluding hydrogens is 168 g/mol. The molecule has 1 aliphatic rings. The Labute approximate surface area is 77.1 Å². The van der Waals surface area contributed by atoms with E-state index in [-0.39, 0.29) is 0 Å². The minimum absolute atomic E-state index is 0.298. The molecule has 0 bridgehead atoms. The second-order valence-electron chi connectivity index (χ2n) is 3.68. The summed E-state index contributed by atoms with van der Waals surface area (Å²) in [6.07, 6.45) is 0. The third-order valence-electron chi connectivity index (χ3n) is 2.35. The van der Waals surface area contributed by atoms with Crippen LogP contribution in [-0.2, 0) is 6.54 Å². The maximum Gasteiger partial charge on any atom is 0.150 e. The van der Waals surface area contributed by atoms with Gasteiger partial charge < -0.3 is 9.63 Å². The molecule has 0 amide bonds. The van der Waals surface area contributed by atoms with E-state index >= 15 is 0 Å². The maximum absolute atomic E-state index is 8.81. The first kappa shape index (κ1) is 8.72. The Kier molecular flexibility index (Phi) is 2.33. The number of aliphatic hydroxyl groups excluding tert-OH is 1. The zero-order valence-electron chi connectivity index (χ0n) is 7.73. The molecule has 4 nitrogen and oxygen atoms in total. The van der Waals surface area contributed by atoms with Gasteiger partial charge in [-0.3, -0.25) is 4.90 Å². The fourth-order valence-corrected chi connectivity index (χ4v) is 1.63. The van der Waals surface area contributed by atoms with Gasteiger partial charge in [0.25, 0.3) is 0 Å². The first-order valence-corrected chi connectivity index (χ1v) is 4.53. The third-order valence-corrected chi connectivity index (χ3v) is 2.35. The fraction of sp³-hybridized carbons (Fsp3) is 0.667. The molecule has 2 heterocycles. The van der Waals surface area contributed by atoms with E-state index in [4.69, 9.17) is 9.63 Å². The monoisotopic (exact) mass is 182 g/mol. The van der Waals surface area contributed by atoms with Gasteiger partial charge in [-0.25, -0.2) is 0 Å². The molecule has 2 rings (SSSR count). The van der Waals surface area contributed by atoms with Crippen molar-refractivity contribution in [2.75, 3.05) is 19.7 Å². The smallest absolute Gasteiger partial charge is 0.150 e. The predicted octanol–water partition coefficient (Wildman–Crippen LogP) is 0.407. The Morgan fingerprint density at radius 3 is 3.00 bits per heavy atom. The minimum atomic E-state index is 0.298. The van der Waals surface area contributed by atoms with Gasteiger partial charge in [0.05, 0.1) is 12.2 Å². The lowest BCUT2D eigenvalue weighted by Crippen LogP contribution is -2.47. The molecule has 0 saturated carbocycles. The van der Waals surface area contributed by atoms with Crippen molar-refractivity contribution in [1.82, 2.24) is 10.1 Å². The van der Waals surface area contributed by atoms with Crippen LogP contribution in [0.1, 0.15) is 11.5 Å². The lowest BCUT2D eigenvalue weighted by atomic mass is 10.0. The van der Waals surface area contributed by atoms with Crippen LogP contribution in [0.25, 0.3) is 0 Å². The number of aliphatic hydroxyl groups is 1. The SMILES string of the molecule is Cc1cc(CN2CC(CO)C2)on1. The number of hydrogen-bond acceptors (Lipinski definition) is 4. The first-order chi connectivity index (χ1) is 6.28. The number of rotatable bonds is 3. The summed E-state index contributed by atoms with van der Waals surface area (Å²) in [6, 6.07) is 1.95. The highest BCUT2D eigenvalue weighted by molar-refractivity contribution is 5.03. The van der Waals surface area contributed by atoms with Crippen LogP contribution in [0.5, 0.6) is 0 Å². The van der Waals surface area contributed by atoms with E-state index in [1.807, 2.05) is 13.0 Å². The first-order valence-electron chi connectivity index (χ1n) is 4.53. The van der Waals surface area contributed by atoms with Crippen molar-refractivity contribution < 1.29 is 9.63 Å². The van der Waals surface area contributed by atoms with Crippen molar-refractivity contribution in [1.29, 1.82) is 0 Å². The highest BCUT2D eigenvalue weighted by Gasteiger charge is 2.26. The number of hydrogen-bond donors (Lipinski definition) is 1. The highest BCUT2D eigenvalue weighted by Crippen LogP contribution is 2.17. The molecule has 0 radical (unpaired) electrons. The lowest BCUT2D eigenvalue weighted by molar-refractivity contribution is 0.0415. The molecule has 13 heavy (non-hydrogen) atoms. The molecule has 1 aromatic rings. The summed E-state index contributed by atoms with van der Waals surface area (Å²) in [6.45, 7) is 4.97. The van der Waals surface area contributed by atoms with Crippen molar-refractivity contribution in [3.8, 4) is 0 Å². The molecule has 1 N–H and O–H groups in total. The zero-order valence-corrected chi connectivity index (χ0v) is 7.73. The number of aryl methyl sites for hydroxylation is 1. The molecular formula is C9H14N2O2. The molecule has 0 spiro atoms. The van der Waals surface area contributed by atoms with Crippen LogP contribution in [0.15, 0.2) is 10.6 Å². The van der Waals surface area contributed by atoms with Crippen molar-refractivity contribution in [3.63, 3.8) is 0 Å². The van der Waals surface area contributed by atoms with Gasteiger partial charge in [-0.1, -0.05) is 5.16 Å². The minimum Gasteiger partial charge on any atom is -0.396 e. The van der Waals surface area contributed by atoms with Crippen LogP contribution in [0.3, 0.4) is 0 Å². The van der Waals surface area contributed by atoms with E-state index in [0.29, 0.717) is 12.5 Å². The third kappa shape index (κ3) is 1.89. The summed E-state index contributed by atoms with van der Waals surface area (Å²) < 4.78 is 5.09. The maximum atomic E-state index is 8.81. The largest absolute Gasteiger partial charge is 0.396 e. The number of likely N-dealkylation sites (tertiary alicyclic amines) is 1. The van der Waals surface area contributed by atoms with E-state index in [0.717, 1.165) is 31.1 Å². The molecule has 1 fully saturated rings. The molecule has 1 aliphatic heterocycles. The van der Waals surface area contributed by atoms with Gasteiger partial charge in [-0.05, 0) is 6.92 Å². The summed E-state index contributed by atoms with van der Waals surface area (Å²) in [4.78, 5) is 2.24. The van der Waals surface area contributed by atoms with Gasteiger partial charge in [-0.15, -0.1) is 0 Å². The zero-order chi connectivity index (χ0) is 9.26. The molecule has 72 valence electrons. The van der Waals surface area contributed by atoms with Gasteiger partial charge in [0.2, 0.25) is 0 Å². The molecule has 1 aromatic heterocycles. The summed E-state index contributed by atoms with van der Waals surface area (Å²) in [5.74, 6) is 1.37. The summed E-state index contributed by atoms with van der Waals surface area (Å²) in [5.41, 5.74) is 0.925. The molecule has 0 atom stereocenters. The van der Waals surface area contributed by atoms with E-state index in [9.17, 15) is 0 Å². The Bertz CT molecular complexity index is 279. The highest BCUT2D eigenvalue weighted by atomic mass is 16.5. The number of aromatic nitrogens is 1. The van der Waals surface area contributed by atoms with Crippen LogP contribution in [0, 0.1) is 12.8 Å². The van der Waals surface area contributed by atoms with Crippen molar-refractivity contribution in [2.45, 2.75) is 13.5 Å². The van der Waals surface area contributed by atoms with E-state index in [1.54, 1.807) is 0 Å². The number of nitrogens with zero attached hydrogens (tertiary/aromatic N) is 2. The van der Waals surface area contributed by atoms with Crippen LogP contribution in [0.4, 0.5) is 0 Å². The summed E-state index contributed by atoms with van der Waals surface area (Å²) >= 11 is 0. The van der Waals surface area contributed by atoms with Crippen molar-refractivity contribution >= 4 is 0 Å². The van der Waals surface area contributed by atoms with Gasteiger partial charge in [0.1, 0.15) is 0 Å². The Morgan fingerprint density at radius 1 is 1.69 bits per heavy atom. The van der Waals surface area contributed by atoms with Gasteiger partial charge in [0.15, 0.2) is 5.76 Å². The molecule has 0 unspecified atom stereocenters. The Morgan fingerprint density at radius 2 is 2.46 bits per heavy atom. The second-order valence-corrected chi connectivity index (χ2v) is 3.68. The van der Waals surface area contributed by atoms with Gasteiger partial charge in [-0.2, -0.15) is 0 Å². The van der Waals surface area contributed by atoms with Crippen LogP contribution < -0.4 is 0 Å². The van der Waals surface area contributed by atoms with Gasteiger partial charge >= 0.3 is 0 Å². The second kappa shape index (κ2) is 3.47. The summed E-state index contributed by atoms with van der Waals surface area (Å²) in [7, 11) is 0. The quantitative estimate of drug-likeness (QED) is 0.735. The summed E-state index contributed by atoms with van der Waals surface area (Å²) in [5, 5.41) is 12.6. The molecule has 0 aromatic carbocycles. The predicted molar refractivity (Wildman–Crippen MR) is 47.1 cm³/mol. The fourth-order valence-electron chi connectivity index (χ4n) is 1.63. The molecule has 1 saturated heterocycles. The van der Waals surface area contributed by atoms with Crippen molar-refractivity contribution in [2.24, 2.45) is 5.92 Å². The normalized spacial score (nSPS) is 18.9. The van der Waals surface area contributed by atoms with E-state index in [1.165, 1.54) is 0 Å². The lowest BCUT2D eigenvalue weighted by Gasteiger charge is -2.37. The van der Waals surface area contributed by atoms with Crippen LogP contribution in [-0.4, -0.2) is 34.9 Å². The van der Waals surface area contributed by atoms with Crippen molar-refractivity contribution in [3.05, 3.63) is 17.5 Å².